The summed E-state index contributed by atoms with van der Waals surface area (Å²) in [5.41, 5.74) is 1.06. The molecule has 132 valence electrons. The second kappa shape index (κ2) is 10.3. The fourth-order valence-electron chi connectivity index (χ4n) is 2.54. The Morgan fingerprint density at radius 3 is 2.58 bits per heavy atom. The molecule has 6 nitrogen and oxygen atoms in total. The maximum atomic E-state index is 10.7. The Morgan fingerprint density at radius 2 is 2.04 bits per heavy atom. The molecule has 1 N–H and O–H groups in total. The summed E-state index contributed by atoms with van der Waals surface area (Å²) in [6.45, 7) is 9.20. The number of hydrogen-bond donors (Lipinski definition) is 1. The van der Waals surface area contributed by atoms with Crippen molar-refractivity contribution < 1.29 is 4.92 Å². The quantitative estimate of drug-likeness (QED) is 0.188. The smallest absolute Gasteiger partial charge is 0.269 e. The first-order valence-corrected chi connectivity index (χ1v) is 7.97. The zero-order chi connectivity index (χ0) is 16.7. The number of guanidine groups is 1. The Hall–Kier alpha value is -1.64. The molecule has 1 saturated heterocycles. The van der Waals surface area contributed by atoms with E-state index in [1.807, 2.05) is 6.08 Å². The van der Waals surface area contributed by atoms with E-state index in [0.717, 1.165) is 30.5 Å². The number of halogens is 1. The second-order valence-electron chi connectivity index (χ2n) is 5.90. The highest BCUT2D eigenvalue weighted by Crippen LogP contribution is 2.17. The lowest BCUT2D eigenvalue weighted by Gasteiger charge is -2.33. The van der Waals surface area contributed by atoms with Gasteiger partial charge in [-0.05, 0) is 24.3 Å². The number of likely N-dealkylation sites (tertiary alicyclic amines) is 1. The zero-order valence-electron chi connectivity index (χ0n) is 14.0. The first kappa shape index (κ1) is 20.4. The number of nitrogens with zero attached hydrogens (tertiary/aromatic N) is 3. The minimum atomic E-state index is -0.390. The average Bonchev–Trinajstić information content (AvgIpc) is 2.56. The molecular weight excluding hydrogens is 419 g/mol. The Labute approximate surface area is 160 Å². The van der Waals surface area contributed by atoms with Crippen molar-refractivity contribution in [3.05, 3.63) is 52.6 Å². The summed E-state index contributed by atoms with van der Waals surface area (Å²) in [6, 6.07) is 6.55. The molecule has 1 fully saturated rings. The van der Waals surface area contributed by atoms with Crippen LogP contribution >= 0.6 is 24.0 Å². The number of nitrogens with one attached hydrogen (secondary N) is 1. The molecule has 24 heavy (non-hydrogen) atoms. The van der Waals surface area contributed by atoms with Gasteiger partial charge in [0, 0.05) is 31.8 Å². The summed E-state index contributed by atoms with van der Waals surface area (Å²) in [4.78, 5) is 17.2. The summed E-state index contributed by atoms with van der Waals surface area (Å²) in [5.74, 6) is 1.65. The molecule has 1 heterocycles. The van der Waals surface area contributed by atoms with Gasteiger partial charge in [0.05, 0.1) is 11.5 Å². The lowest BCUT2D eigenvalue weighted by Crippen LogP contribution is -2.45. The molecule has 0 bridgehead atoms. The summed E-state index contributed by atoms with van der Waals surface area (Å²) in [7, 11) is 0. The van der Waals surface area contributed by atoms with Gasteiger partial charge in [0.2, 0.25) is 0 Å². The predicted molar refractivity (Wildman–Crippen MR) is 108 cm³/mol. The van der Waals surface area contributed by atoms with Gasteiger partial charge in [0.25, 0.3) is 5.69 Å². The molecule has 1 aliphatic rings. The first-order chi connectivity index (χ1) is 11.1. The van der Waals surface area contributed by atoms with Crippen LogP contribution in [0.2, 0.25) is 0 Å². The summed E-state index contributed by atoms with van der Waals surface area (Å²) >= 11 is 0. The van der Waals surface area contributed by atoms with Crippen molar-refractivity contribution >= 4 is 35.6 Å². The lowest BCUT2D eigenvalue weighted by molar-refractivity contribution is -0.384. The minimum Gasteiger partial charge on any atom is -0.353 e. The highest BCUT2D eigenvalue weighted by atomic mass is 127. The summed E-state index contributed by atoms with van der Waals surface area (Å²) in [6.07, 6.45) is 4.16. The van der Waals surface area contributed by atoms with Crippen molar-refractivity contribution in [2.24, 2.45) is 10.9 Å². The molecule has 2 rings (SSSR count). The van der Waals surface area contributed by atoms with E-state index in [2.05, 4.69) is 28.7 Å². The molecule has 1 aromatic rings. The van der Waals surface area contributed by atoms with Gasteiger partial charge in [0.15, 0.2) is 5.96 Å². The maximum absolute atomic E-state index is 10.7. The van der Waals surface area contributed by atoms with Crippen LogP contribution in [0.4, 0.5) is 5.69 Å². The average molecular weight is 444 g/mol. The van der Waals surface area contributed by atoms with Crippen LogP contribution in [-0.2, 0) is 6.54 Å². The molecule has 0 radical (unpaired) electrons. The molecule has 1 aliphatic heterocycles. The van der Waals surface area contributed by atoms with Crippen molar-refractivity contribution in [3.63, 3.8) is 0 Å². The van der Waals surface area contributed by atoms with Crippen LogP contribution in [0.3, 0.4) is 0 Å². The van der Waals surface area contributed by atoms with Gasteiger partial charge in [-0.2, -0.15) is 0 Å². The number of nitro benzene ring substituents is 1. The molecule has 0 atom stereocenters. The van der Waals surface area contributed by atoms with Crippen LogP contribution in [0.15, 0.2) is 41.9 Å². The predicted octanol–water partition coefficient (Wildman–Crippen LogP) is 3.58. The normalized spacial score (nSPS) is 15.5. The third kappa shape index (κ3) is 6.10. The van der Waals surface area contributed by atoms with Crippen LogP contribution in [0.1, 0.15) is 25.3 Å². The number of non-ortho nitro benzene ring substituents is 1. The van der Waals surface area contributed by atoms with E-state index in [0.29, 0.717) is 13.1 Å². The van der Waals surface area contributed by atoms with Crippen LogP contribution in [0.25, 0.3) is 0 Å². The van der Waals surface area contributed by atoms with Gasteiger partial charge >= 0.3 is 0 Å². The Bertz CT molecular complexity index is 566. The van der Waals surface area contributed by atoms with E-state index in [1.54, 1.807) is 12.1 Å². The van der Waals surface area contributed by atoms with Crippen molar-refractivity contribution in [1.29, 1.82) is 0 Å². The summed E-state index contributed by atoms with van der Waals surface area (Å²) < 4.78 is 0. The standard InChI is InChI=1S/C17H24N4O2.HI/c1-3-10-18-17(20-11-8-14(2)9-12-20)19-13-15-4-6-16(7-5-15)21(22)23;/h3-7,14H,1,8-13H2,2H3,(H,18,19);1H. The number of piperidine rings is 1. The van der Waals surface area contributed by atoms with Crippen LogP contribution in [0, 0.1) is 16.0 Å². The van der Waals surface area contributed by atoms with Crippen LogP contribution in [-0.4, -0.2) is 35.4 Å². The van der Waals surface area contributed by atoms with E-state index < -0.39 is 0 Å². The first-order valence-electron chi connectivity index (χ1n) is 7.97. The number of rotatable bonds is 5. The van der Waals surface area contributed by atoms with Crippen LogP contribution in [0.5, 0.6) is 0 Å². The minimum absolute atomic E-state index is 0. The van der Waals surface area contributed by atoms with Crippen molar-refractivity contribution in [3.8, 4) is 0 Å². The van der Waals surface area contributed by atoms with Gasteiger partial charge in [-0.25, -0.2) is 4.99 Å². The van der Waals surface area contributed by atoms with Crippen molar-refractivity contribution in [1.82, 2.24) is 10.2 Å². The SMILES string of the molecule is C=CCNC(=NCc1ccc([N+](=O)[O-])cc1)N1CCC(C)CC1.I. The fourth-order valence-corrected chi connectivity index (χ4v) is 2.54. The highest BCUT2D eigenvalue weighted by molar-refractivity contribution is 14.0. The van der Waals surface area contributed by atoms with Gasteiger partial charge in [-0.3, -0.25) is 10.1 Å². The van der Waals surface area contributed by atoms with E-state index in [4.69, 9.17) is 0 Å². The fraction of sp³-hybridized carbons (Fsp3) is 0.471. The molecule has 7 heteroatoms. The zero-order valence-corrected chi connectivity index (χ0v) is 16.3. The van der Waals surface area contributed by atoms with Gasteiger partial charge in [0.1, 0.15) is 0 Å². The lowest BCUT2D eigenvalue weighted by atomic mass is 10.00. The number of hydrogen-bond acceptors (Lipinski definition) is 3. The van der Waals surface area contributed by atoms with Gasteiger partial charge in [-0.1, -0.05) is 25.1 Å². The monoisotopic (exact) mass is 444 g/mol. The Morgan fingerprint density at radius 1 is 1.42 bits per heavy atom. The second-order valence-corrected chi connectivity index (χ2v) is 5.90. The number of aliphatic imine (C=N–C) groups is 1. The van der Waals surface area contributed by atoms with E-state index >= 15 is 0 Å². The largest absolute Gasteiger partial charge is 0.353 e. The number of nitro groups is 1. The molecule has 0 aliphatic carbocycles. The molecule has 0 unspecified atom stereocenters. The third-order valence-electron chi connectivity index (χ3n) is 4.05. The van der Waals surface area contributed by atoms with E-state index in [9.17, 15) is 10.1 Å². The summed E-state index contributed by atoms with van der Waals surface area (Å²) in [5, 5.41) is 14.0. The van der Waals surface area contributed by atoms with E-state index in [1.165, 1.54) is 25.0 Å². The van der Waals surface area contributed by atoms with Gasteiger partial charge in [-0.15, -0.1) is 30.6 Å². The van der Waals surface area contributed by atoms with Gasteiger partial charge < -0.3 is 10.2 Å². The van der Waals surface area contributed by atoms with E-state index in [-0.39, 0.29) is 34.6 Å². The topological polar surface area (TPSA) is 70.8 Å². The highest BCUT2D eigenvalue weighted by Gasteiger charge is 2.18. The molecule has 0 saturated carbocycles. The van der Waals surface area contributed by atoms with Crippen molar-refractivity contribution in [2.75, 3.05) is 19.6 Å². The maximum Gasteiger partial charge on any atom is 0.269 e. The number of benzene rings is 1. The molecule has 1 aromatic carbocycles. The van der Waals surface area contributed by atoms with Crippen LogP contribution < -0.4 is 5.32 Å². The molecule has 0 aromatic heterocycles. The Balaban J connectivity index is 0.00000288. The molecule has 0 amide bonds. The van der Waals surface area contributed by atoms with Crippen molar-refractivity contribution in [2.45, 2.75) is 26.3 Å². The third-order valence-corrected chi connectivity index (χ3v) is 4.05. The Kier molecular flexibility index (Phi) is 8.73. The molecular formula is C17H25IN4O2. The molecule has 0 spiro atoms.